The van der Waals surface area contributed by atoms with E-state index in [0.29, 0.717) is 17.9 Å². The van der Waals surface area contributed by atoms with Crippen LogP contribution in [0.3, 0.4) is 0 Å². The van der Waals surface area contributed by atoms with Gasteiger partial charge in [0.1, 0.15) is 5.82 Å². The van der Waals surface area contributed by atoms with Crippen molar-refractivity contribution in [2.75, 3.05) is 5.32 Å². The highest BCUT2D eigenvalue weighted by Crippen LogP contribution is 2.27. The van der Waals surface area contributed by atoms with Crippen LogP contribution in [0.25, 0.3) is 0 Å². The van der Waals surface area contributed by atoms with Gasteiger partial charge in [-0.05, 0) is 24.7 Å². The summed E-state index contributed by atoms with van der Waals surface area (Å²) in [6, 6.07) is 1.48. The molecule has 0 saturated heterocycles. The van der Waals surface area contributed by atoms with Gasteiger partial charge < -0.3 is 5.32 Å². The Morgan fingerprint density at radius 1 is 1.10 bits per heavy atom. The fourth-order valence-corrected chi connectivity index (χ4v) is 2.36. The van der Waals surface area contributed by atoms with Gasteiger partial charge in [0, 0.05) is 18.2 Å². The van der Waals surface area contributed by atoms with Crippen LogP contribution in [0.2, 0.25) is 0 Å². The van der Waals surface area contributed by atoms with Crippen molar-refractivity contribution in [2.24, 2.45) is 11.8 Å². The van der Waals surface area contributed by atoms with Crippen molar-refractivity contribution >= 4 is 11.4 Å². The van der Waals surface area contributed by atoms with Crippen LogP contribution >= 0.6 is 0 Å². The van der Waals surface area contributed by atoms with Gasteiger partial charge in [0.2, 0.25) is 5.82 Å². The molecular weight excluding hydrogens is 278 g/mol. The van der Waals surface area contributed by atoms with Crippen molar-refractivity contribution < 1.29 is 13.7 Å². The molecule has 0 heterocycles. The molecule has 0 aliphatic rings. The number of benzene rings is 1. The lowest BCUT2D eigenvalue weighted by atomic mass is 9.95. The topological polar surface area (TPSA) is 55.2 Å². The molecule has 0 aromatic heterocycles. The number of hydrogen-bond donors (Lipinski definition) is 1. The second kappa shape index (κ2) is 7.33. The first-order valence-electron chi connectivity index (χ1n) is 7.10. The molecule has 118 valence electrons. The third-order valence-electron chi connectivity index (χ3n) is 3.10. The Bertz CT molecular complexity index is 495. The van der Waals surface area contributed by atoms with Crippen LogP contribution in [0, 0.1) is 33.6 Å². The molecule has 0 fully saturated rings. The molecule has 21 heavy (non-hydrogen) atoms. The highest BCUT2D eigenvalue weighted by Gasteiger charge is 2.21. The zero-order valence-electron chi connectivity index (χ0n) is 12.8. The number of nitro benzene ring substituents is 1. The summed E-state index contributed by atoms with van der Waals surface area (Å²) in [5.74, 6) is -1.16. The lowest BCUT2D eigenvalue weighted by Crippen LogP contribution is -2.24. The zero-order chi connectivity index (χ0) is 16.2. The van der Waals surface area contributed by atoms with Crippen LogP contribution in [-0.4, -0.2) is 11.0 Å². The Labute approximate surface area is 123 Å². The van der Waals surface area contributed by atoms with Gasteiger partial charge in [-0.3, -0.25) is 10.1 Å². The molecule has 1 rings (SSSR count). The van der Waals surface area contributed by atoms with Gasteiger partial charge in [-0.25, -0.2) is 4.39 Å². The summed E-state index contributed by atoms with van der Waals surface area (Å²) in [7, 11) is 0. The van der Waals surface area contributed by atoms with E-state index in [9.17, 15) is 18.9 Å². The first-order chi connectivity index (χ1) is 9.70. The van der Waals surface area contributed by atoms with E-state index in [-0.39, 0.29) is 11.7 Å². The molecule has 1 N–H and O–H groups in total. The van der Waals surface area contributed by atoms with Crippen LogP contribution < -0.4 is 5.32 Å². The van der Waals surface area contributed by atoms with Crippen LogP contribution in [0.4, 0.5) is 20.2 Å². The van der Waals surface area contributed by atoms with Crippen molar-refractivity contribution in [1.29, 1.82) is 0 Å². The number of nitrogens with one attached hydrogen (secondary N) is 1. The SMILES string of the molecule is CC(C)CC(CC(C)C)Nc1cc([N+](=O)[O-])c(F)cc1F. The fraction of sp³-hybridized carbons (Fsp3) is 0.600. The first kappa shape index (κ1) is 17.3. The Balaban J connectivity index is 3.02. The molecule has 0 atom stereocenters. The summed E-state index contributed by atoms with van der Waals surface area (Å²) < 4.78 is 27.1. The van der Waals surface area contributed by atoms with E-state index >= 15 is 0 Å². The number of hydrogen-bond acceptors (Lipinski definition) is 3. The largest absolute Gasteiger partial charge is 0.380 e. The molecule has 6 heteroatoms. The van der Waals surface area contributed by atoms with Crippen molar-refractivity contribution in [3.63, 3.8) is 0 Å². The van der Waals surface area contributed by atoms with E-state index in [1.165, 1.54) is 0 Å². The van der Waals surface area contributed by atoms with Crippen molar-refractivity contribution in [2.45, 2.75) is 46.6 Å². The summed E-state index contributed by atoms with van der Waals surface area (Å²) in [5, 5.41) is 13.7. The molecule has 0 amide bonds. The van der Waals surface area contributed by atoms with Crippen LogP contribution in [0.5, 0.6) is 0 Å². The highest BCUT2D eigenvalue weighted by molar-refractivity contribution is 5.53. The van der Waals surface area contributed by atoms with E-state index in [1.54, 1.807) is 0 Å². The number of rotatable bonds is 7. The Morgan fingerprint density at radius 2 is 1.62 bits per heavy atom. The van der Waals surface area contributed by atoms with Gasteiger partial charge in [-0.15, -0.1) is 0 Å². The van der Waals surface area contributed by atoms with E-state index in [4.69, 9.17) is 0 Å². The van der Waals surface area contributed by atoms with Gasteiger partial charge in [0.15, 0.2) is 0 Å². The van der Waals surface area contributed by atoms with Gasteiger partial charge in [0.05, 0.1) is 10.6 Å². The highest BCUT2D eigenvalue weighted by atomic mass is 19.1. The van der Waals surface area contributed by atoms with Gasteiger partial charge >= 0.3 is 5.69 Å². The molecule has 0 spiro atoms. The minimum Gasteiger partial charge on any atom is -0.380 e. The molecule has 1 aromatic rings. The van der Waals surface area contributed by atoms with Crippen molar-refractivity contribution in [3.8, 4) is 0 Å². The minimum absolute atomic E-state index is 0.00966. The van der Waals surface area contributed by atoms with E-state index in [2.05, 4.69) is 33.0 Å². The molecule has 4 nitrogen and oxygen atoms in total. The summed E-state index contributed by atoms with van der Waals surface area (Å²) in [5.41, 5.74) is -0.735. The smallest absolute Gasteiger partial charge is 0.307 e. The van der Waals surface area contributed by atoms with E-state index in [0.717, 1.165) is 18.9 Å². The average molecular weight is 300 g/mol. The van der Waals surface area contributed by atoms with E-state index in [1.807, 2.05) is 0 Å². The van der Waals surface area contributed by atoms with E-state index < -0.39 is 22.2 Å². The maximum Gasteiger partial charge on any atom is 0.307 e. The maximum absolute atomic E-state index is 13.8. The zero-order valence-corrected chi connectivity index (χ0v) is 12.8. The van der Waals surface area contributed by atoms with Gasteiger partial charge in [-0.2, -0.15) is 4.39 Å². The predicted octanol–water partition coefficient (Wildman–Crippen LogP) is 4.75. The first-order valence-corrected chi connectivity index (χ1v) is 7.10. The summed E-state index contributed by atoms with van der Waals surface area (Å²) >= 11 is 0. The summed E-state index contributed by atoms with van der Waals surface area (Å²) in [4.78, 5) is 9.89. The average Bonchev–Trinajstić information content (AvgIpc) is 2.30. The minimum atomic E-state index is -1.16. The third-order valence-corrected chi connectivity index (χ3v) is 3.10. The van der Waals surface area contributed by atoms with Gasteiger partial charge in [0.25, 0.3) is 0 Å². The molecule has 0 aliphatic carbocycles. The standard InChI is InChI=1S/C15H22F2N2O2/c1-9(2)5-11(6-10(3)4)18-14-8-15(19(20)21)13(17)7-12(14)16/h7-11,18H,5-6H2,1-4H3. The number of nitrogens with zero attached hydrogens (tertiary/aromatic N) is 1. The molecular formula is C15H22F2N2O2. The monoisotopic (exact) mass is 300 g/mol. The normalized spacial score (nSPS) is 11.5. The molecule has 1 aromatic carbocycles. The Hall–Kier alpha value is -1.72. The number of nitro groups is 1. The van der Waals surface area contributed by atoms with Crippen LogP contribution in [0.1, 0.15) is 40.5 Å². The second-order valence-electron chi connectivity index (χ2n) is 6.14. The fourth-order valence-electron chi connectivity index (χ4n) is 2.36. The molecule has 0 saturated carbocycles. The predicted molar refractivity (Wildman–Crippen MR) is 79.3 cm³/mol. The quantitative estimate of drug-likeness (QED) is 0.584. The number of halogens is 2. The molecule has 0 aliphatic heterocycles. The Morgan fingerprint density at radius 3 is 2.05 bits per heavy atom. The third kappa shape index (κ3) is 5.28. The maximum atomic E-state index is 13.8. The summed E-state index contributed by atoms with van der Waals surface area (Å²) in [6.07, 6.45) is 1.62. The number of anilines is 1. The lowest BCUT2D eigenvalue weighted by molar-refractivity contribution is -0.387. The van der Waals surface area contributed by atoms with Gasteiger partial charge in [-0.1, -0.05) is 27.7 Å². The molecule has 0 bridgehead atoms. The van der Waals surface area contributed by atoms with Crippen LogP contribution in [0.15, 0.2) is 12.1 Å². The lowest BCUT2D eigenvalue weighted by Gasteiger charge is -2.23. The Kier molecular flexibility index (Phi) is 6.05. The summed E-state index contributed by atoms with van der Waals surface area (Å²) in [6.45, 7) is 8.22. The van der Waals surface area contributed by atoms with Crippen molar-refractivity contribution in [3.05, 3.63) is 33.9 Å². The second-order valence-corrected chi connectivity index (χ2v) is 6.14. The molecule has 0 radical (unpaired) electrons. The molecule has 0 unspecified atom stereocenters. The van der Waals surface area contributed by atoms with Crippen molar-refractivity contribution in [1.82, 2.24) is 0 Å². The van der Waals surface area contributed by atoms with Crippen LogP contribution in [-0.2, 0) is 0 Å².